The smallest absolute Gasteiger partial charge is 0.236 e. The average molecular weight is 258 g/mol. The molecule has 1 amide bonds. The van der Waals surface area contributed by atoms with Crippen molar-refractivity contribution in [1.82, 2.24) is 10.6 Å². The second-order valence-electron chi connectivity index (χ2n) is 5.25. The molecule has 0 spiro atoms. The lowest BCUT2D eigenvalue weighted by Gasteiger charge is -2.26. The quantitative estimate of drug-likeness (QED) is 0.766. The molecule has 3 nitrogen and oxygen atoms in total. The lowest BCUT2D eigenvalue weighted by Crippen LogP contribution is -2.47. The van der Waals surface area contributed by atoms with Crippen molar-refractivity contribution in [3.63, 3.8) is 0 Å². The third-order valence-electron chi connectivity index (χ3n) is 3.12. The van der Waals surface area contributed by atoms with E-state index in [-0.39, 0.29) is 11.9 Å². The van der Waals surface area contributed by atoms with Gasteiger partial charge in [0, 0.05) is 12.6 Å². The minimum absolute atomic E-state index is 0.0599. The fourth-order valence-corrected chi connectivity index (χ4v) is 3.04. The lowest BCUT2D eigenvalue weighted by molar-refractivity contribution is -0.123. The van der Waals surface area contributed by atoms with Crippen LogP contribution in [0.25, 0.3) is 0 Å². The zero-order chi connectivity index (χ0) is 12.7. The average Bonchev–Trinajstić information content (AvgIpc) is 2.29. The standard InChI is InChI=1S/C13H26N2OS/c1-10(2)4-7-14-13(16)11(3)15-12-5-8-17-9-6-12/h10-12,15H,4-9H2,1-3H3,(H,14,16). The first-order valence-electron chi connectivity index (χ1n) is 6.71. The lowest BCUT2D eigenvalue weighted by atomic mass is 10.1. The van der Waals surface area contributed by atoms with E-state index in [1.807, 2.05) is 18.7 Å². The minimum Gasteiger partial charge on any atom is -0.355 e. The van der Waals surface area contributed by atoms with E-state index < -0.39 is 0 Å². The van der Waals surface area contributed by atoms with E-state index in [0.29, 0.717) is 12.0 Å². The molecular formula is C13H26N2OS. The van der Waals surface area contributed by atoms with Gasteiger partial charge in [-0.2, -0.15) is 11.8 Å². The molecule has 1 aliphatic rings. The zero-order valence-electron chi connectivity index (χ0n) is 11.3. The molecular weight excluding hydrogens is 232 g/mol. The van der Waals surface area contributed by atoms with Gasteiger partial charge < -0.3 is 10.6 Å². The third kappa shape index (κ3) is 6.32. The Bertz CT molecular complexity index is 227. The molecule has 17 heavy (non-hydrogen) atoms. The summed E-state index contributed by atoms with van der Waals surface area (Å²) in [5, 5.41) is 6.43. The van der Waals surface area contributed by atoms with Crippen molar-refractivity contribution < 1.29 is 4.79 Å². The molecule has 0 saturated carbocycles. The number of thioether (sulfide) groups is 1. The monoisotopic (exact) mass is 258 g/mol. The van der Waals surface area contributed by atoms with E-state index in [1.165, 1.54) is 24.3 Å². The summed E-state index contributed by atoms with van der Waals surface area (Å²) in [6.07, 6.45) is 3.43. The van der Waals surface area contributed by atoms with Crippen molar-refractivity contribution in [1.29, 1.82) is 0 Å². The van der Waals surface area contributed by atoms with E-state index in [1.54, 1.807) is 0 Å². The third-order valence-corrected chi connectivity index (χ3v) is 4.17. The Morgan fingerprint density at radius 1 is 1.29 bits per heavy atom. The second kappa shape index (κ2) is 7.98. The molecule has 0 aromatic heterocycles. The fourth-order valence-electron chi connectivity index (χ4n) is 1.93. The highest BCUT2D eigenvalue weighted by Crippen LogP contribution is 2.17. The van der Waals surface area contributed by atoms with Crippen molar-refractivity contribution in [2.75, 3.05) is 18.1 Å². The first-order chi connectivity index (χ1) is 8.09. The van der Waals surface area contributed by atoms with Gasteiger partial charge >= 0.3 is 0 Å². The van der Waals surface area contributed by atoms with Crippen LogP contribution >= 0.6 is 11.8 Å². The molecule has 0 aromatic carbocycles. The van der Waals surface area contributed by atoms with E-state index in [2.05, 4.69) is 24.5 Å². The van der Waals surface area contributed by atoms with Crippen molar-refractivity contribution in [3.8, 4) is 0 Å². The second-order valence-corrected chi connectivity index (χ2v) is 6.47. The van der Waals surface area contributed by atoms with Gasteiger partial charge in [0.05, 0.1) is 6.04 Å². The number of rotatable bonds is 6. The maximum atomic E-state index is 11.8. The Balaban J connectivity index is 2.16. The van der Waals surface area contributed by atoms with Gasteiger partial charge in [0.2, 0.25) is 5.91 Å². The Labute approximate surface area is 109 Å². The van der Waals surface area contributed by atoms with E-state index in [9.17, 15) is 4.79 Å². The molecule has 0 radical (unpaired) electrons. The van der Waals surface area contributed by atoms with Gasteiger partial charge in [-0.05, 0) is 43.6 Å². The normalized spacial score (nSPS) is 19.3. The molecule has 1 unspecified atom stereocenters. The number of carbonyl (C=O) groups is 1. The van der Waals surface area contributed by atoms with Gasteiger partial charge in [-0.15, -0.1) is 0 Å². The summed E-state index contributed by atoms with van der Waals surface area (Å²) in [6, 6.07) is 0.470. The van der Waals surface area contributed by atoms with Gasteiger partial charge in [0.15, 0.2) is 0 Å². The molecule has 1 fully saturated rings. The van der Waals surface area contributed by atoms with E-state index >= 15 is 0 Å². The zero-order valence-corrected chi connectivity index (χ0v) is 12.1. The van der Waals surface area contributed by atoms with Crippen LogP contribution in [-0.4, -0.2) is 36.0 Å². The molecule has 1 aliphatic heterocycles. The predicted molar refractivity (Wildman–Crippen MR) is 75.4 cm³/mol. The highest BCUT2D eigenvalue weighted by molar-refractivity contribution is 7.99. The highest BCUT2D eigenvalue weighted by Gasteiger charge is 2.19. The van der Waals surface area contributed by atoms with Crippen LogP contribution in [0.5, 0.6) is 0 Å². The number of hydrogen-bond donors (Lipinski definition) is 2. The summed E-state index contributed by atoms with van der Waals surface area (Å²) in [7, 11) is 0. The molecule has 0 bridgehead atoms. The topological polar surface area (TPSA) is 41.1 Å². The maximum absolute atomic E-state index is 11.8. The molecule has 1 saturated heterocycles. The van der Waals surface area contributed by atoms with Crippen LogP contribution in [0.2, 0.25) is 0 Å². The Morgan fingerprint density at radius 2 is 1.94 bits per heavy atom. The number of hydrogen-bond acceptors (Lipinski definition) is 3. The fraction of sp³-hybridized carbons (Fsp3) is 0.923. The molecule has 0 aliphatic carbocycles. The molecule has 1 rings (SSSR count). The molecule has 2 N–H and O–H groups in total. The predicted octanol–water partition coefficient (Wildman–Crippen LogP) is 2.02. The molecule has 4 heteroatoms. The van der Waals surface area contributed by atoms with E-state index in [0.717, 1.165) is 13.0 Å². The summed E-state index contributed by atoms with van der Waals surface area (Å²) in [4.78, 5) is 11.8. The maximum Gasteiger partial charge on any atom is 0.236 e. The summed E-state index contributed by atoms with van der Waals surface area (Å²) in [5.41, 5.74) is 0. The summed E-state index contributed by atoms with van der Waals surface area (Å²) < 4.78 is 0. The Kier molecular flexibility index (Phi) is 6.97. The van der Waals surface area contributed by atoms with Crippen LogP contribution in [0.15, 0.2) is 0 Å². The van der Waals surface area contributed by atoms with Gasteiger partial charge in [0.1, 0.15) is 0 Å². The number of nitrogens with one attached hydrogen (secondary N) is 2. The number of amides is 1. The number of carbonyl (C=O) groups excluding carboxylic acids is 1. The Hall–Kier alpha value is -0.220. The highest BCUT2D eigenvalue weighted by atomic mass is 32.2. The van der Waals surface area contributed by atoms with Crippen molar-refractivity contribution in [2.24, 2.45) is 5.92 Å². The van der Waals surface area contributed by atoms with Crippen LogP contribution in [0.4, 0.5) is 0 Å². The summed E-state index contributed by atoms with van der Waals surface area (Å²) in [5.74, 6) is 3.23. The SMILES string of the molecule is CC(C)CCNC(=O)C(C)NC1CCSCC1. The van der Waals surface area contributed by atoms with E-state index in [4.69, 9.17) is 0 Å². The first-order valence-corrected chi connectivity index (χ1v) is 7.86. The van der Waals surface area contributed by atoms with Gasteiger partial charge in [-0.3, -0.25) is 4.79 Å². The molecule has 100 valence electrons. The van der Waals surface area contributed by atoms with Crippen LogP contribution < -0.4 is 10.6 Å². The molecule has 0 aromatic rings. The van der Waals surface area contributed by atoms with Gasteiger partial charge in [-0.1, -0.05) is 13.8 Å². The van der Waals surface area contributed by atoms with Crippen LogP contribution in [-0.2, 0) is 4.79 Å². The van der Waals surface area contributed by atoms with Crippen LogP contribution in [0.1, 0.15) is 40.0 Å². The van der Waals surface area contributed by atoms with Crippen molar-refractivity contribution in [2.45, 2.75) is 52.1 Å². The van der Waals surface area contributed by atoms with Crippen LogP contribution in [0.3, 0.4) is 0 Å². The minimum atomic E-state index is -0.0599. The largest absolute Gasteiger partial charge is 0.355 e. The summed E-state index contributed by atoms with van der Waals surface area (Å²) in [6.45, 7) is 7.11. The molecule has 1 atom stereocenters. The van der Waals surface area contributed by atoms with Crippen molar-refractivity contribution >= 4 is 17.7 Å². The summed E-state index contributed by atoms with van der Waals surface area (Å²) >= 11 is 2.01. The Morgan fingerprint density at radius 3 is 2.53 bits per heavy atom. The first kappa shape index (κ1) is 14.8. The van der Waals surface area contributed by atoms with Gasteiger partial charge in [-0.25, -0.2) is 0 Å². The molecule has 1 heterocycles. The van der Waals surface area contributed by atoms with Gasteiger partial charge in [0.25, 0.3) is 0 Å². The van der Waals surface area contributed by atoms with Crippen LogP contribution in [0, 0.1) is 5.92 Å². The van der Waals surface area contributed by atoms with Crippen molar-refractivity contribution in [3.05, 3.63) is 0 Å².